The maximum absolute atomic E-state index is 7.28. The number of hydrogen-bond donors (Lipinski definition) is 0. The van der Waals surface area contributed by atoms with Crippen molar-refractivity contribution in [2.24, 2.45) is 0 Å². The van der Waals surface area contributed by atoms with Crippen LogP contribution in [0.1, 0.15) is 0 Å². The lowest BCUT2D eigenvalue weighted by atomic mass is 10.0. The van der Waals surface area contributed by atoms with Crippen molar-refractivity contribution < 1.29 is 13.3 Å². The average Bonchev–Trinajstić information content (AvgIpc) is 4.16. The van der Waals surface area contributed by atoms with Crippen LogP contribution in [0.25, 0.3) is 88.4 Å². The smallest absolute Gasteiger partial charge is 0.159 e. The molecule has 0 saturated carbocycles. The molecule has 0 fully saturated rings. The third-order valence-corrected chi connectivity index (χ3v) is 18.0. The number of para-hydroxylation sites is 6. The van der Waals surface area contributed by atoms with Gasteiger partial charge in [0.25, 0.3) is 0 Å². The number of nitrogens with zero attached hydrogens (tertiary/aromatic N) is 2. The molecule has 0 radical (unpaired) electrons. The van der Waals surface area contributed by atoms with Gasteiger partial charge in [-0.2, -0.15) is 0 Å². The predicted molar refractivity (Wildman–Crippen MR) is 293 cm³/mol. The van der Waals surface area contributed by atoms with E-state index in [1.165, 1.54) is 10.4 Å². The summed E-state index contributed by atoms with van der Waals surface area (Å²) in [7, 11) is -2.28. The summed E-state index contributed by atoms with van der Waals surface area (Å²) in [5.41, 5.74) is 15.9. The molecular weight excluding hydrogens is 873 g/mol. The normalized spacial score (nSPS) is 12.8. The maximum Gasteiger partial charge on any atom is 0.159 e. The zero-order chi connectivity index (χ0) is 46.5. The van der Waals surface area contributed by atoms with Crippen LogP contribution in [0.4, 0.5) is 34.1 Å². The van der Waals surface area contributed by atoms with Gasteiger partial charge in [0, 0.05) is 55.4 Å². The van der Waals surface area contributed by atoms with Gasteiger partial charge in [-0.3, -0.25) is 0 Å². The van der Waals surface area contributed by atoms with Gasteiger partial charge in [-0.25, -0.2) is 0 Å². The third kappa shape index (κ3) is 6.10. The second-order valence-corrected chi connectivity index (χ2v) is 23.1. The summed E-state index contributed by atoms with van der Waals surface area (Å²) in [6.45, 7) is 4.92. The predicted octanol–water partition coefficient (Wildman–Crippen LogP) is 17.3. The van der Waals surface area contributed by atoms with E-state index in [4.69, 9.17) is 13.3 Å². The number of fused-ring (bicyclic) bond motifs is 11. The van der Waals surface area contributed by atoms with E-state index in [1.54, 1.807) is 0 Å². The quantitative estimate of drug-likeness (QED) is 0.142. The summed E-state index contributed by atoms with van der Waals surface area (Å²) in [4.78, 5) is 4.72. The second-order valence-electron chi connectivity index (χ2n) is 18.8. The minimum absolute atomic E-state index is 0.834. The Kier molecular flexibility index (Phi) is 8.97. The molecule has 0 amide bonds. The number of furan rings is 3. The Morgan fingerprint density at radius 1 is 0.329 bits per heavy atom. The van der Waals surface area contributed by atoms with Gasteiger partial charge in [0.1, 0.15) is 30.6 Å². The van der Waals surface area contributed by atoms with Crippen LogP contribution in [0.15, 0.2) is 244 Å². The molecule has 332 valence electrons. The van der Waals surface area contributed by atoms with Crippen molar-refractivity contribution in [3.8, 4) is 33.6 Å². The zero-order valence-corrected chi connectivity index (χ0v) is 39.6. The number of benzene rings is 10. The fourth-order valence-corrected chi connectivity index (χ4v) is 14.5. The minimum Gasteiger partial charge on any atom is -0.456 e. The molecule has 1 aliphatic heterocycles. The van der Waals surface area contributed by atoms with E-state index in [2.05, 4.69) is 235 Å². The van der Waals surface area contributed by atoms with E-state index in [1.807, 2.05) is 18.2 Å². The zero-order valence-electron chi connectivity index (χ0n) is 38.6. The molecule has 70 heavy (non-hydrogen) atoms. The molecule has 0 unspecified atom stereocenters. The highest BCUT2D eigenvalue weighted by Crippen LogP contribution is 2.49. The molecule has 3 aromatic heterocycles. The fourth-order valence-electron chi connectivity index (χ4n) is 11.3. The van der Waals surface area contributed by atoms with Crippen LogP contribution in [-0.2, 0) is 0 Å². The van der Waals surface area contributed by atoms with Crippen LogP contribution in [0.3, 0.4) is 0 Å². The maximum atomic E-state index is 7.28. The van der Waals surface area contributed by atoms with Gasteiger partial charge in [-0.15, -0.1) is 0 Å². The van der Waals surface area contributed by atoms with E-state index in [9.17, 15) is 0 Å². The number of hydrogen-bond acceptors (Lipinski definition) is 5. The van der Waals surface area contributed by atoms with Gasteiger partial charge in [-0.1, -0.05) is 177 Å². The molecule has 13 aromatic rings. The SMILES string of the molecule is C[Si]1(C)c2ccc(N(c3ccccc3-c3ccccc3)c3cccc4c3oc3ccccc34)cc2-c2oc3cc(N(c4ccccc4-c4ccccc4)c4cccc5c4oc4ccccc45)ccc3c21. The van der Waals surface area contributed by atoms with Crippen LogP contribution in [0, 0.1) is 0 Å². The number of anilines is 6. The van der Waals surface area contributed by atoms with E-state index >= 15 is 0 Å². The molecule has 0 bridgehead atoms. The van der Waals surface area contributed by atoms with Crippen molar-refractivity contribution in [2.45, 2.75) is 13.1 Å². The van der Waals surface area contributed by atoms with Gasteiger partial charge < -0.3 is 23.1 Å². The molecular formula is C64H44N2O3Si. The Morgan fingerprint density at radius 2 is 0.786 bits per heavy atom. The summed E-state index contributed by atoms with van der Waals surface area (Å²) >= 11 is 0. The molecule has 4 heterocycles. The first-order valence-corrected chi connectivity index (χ1v) is 26.9. The first-order valence-electron chi connectivity index (χ1n) is 23.9. The van der Waals surface area contributed by atoms with Crippen LogP contribution >= 0.6 is 0 Å². The van der Waals surface area contributed by atoms with Gasteiger partial charge >= 0.3 is 0 Å². The molecule has 0 atom stereocenters. The molecule has 0 aliphatic carbocycles. The highest BCUT2D eigenvalue weighted by atomic mass is 28.3. The Labute approximate surface area is 405 Å². The van der Waals surface area contributed by atoms with Gasteiger partial charge in [0.15, 0.2) is 11.2 Å². The lowest BCUT2D eigenvalue weighted by Gasteiger charge is -2.29. The van der Waals surface area contributed by atoms with Gasteiger partial charge in [0.2, 0.25) is 0 Å². The fraction of sp³-hybridized carbons (Fsp3) is 0.0312. The molecule has 0 saturated heterocycles. The standard InChI is InChI=1S/C64H44N2O3Si/c1-70(2)60-38-36-43(65(53-29-13-9-23-45(53)41-19-5-3-6-20-41)55-31-17-27-49-47-25-11-15-33-57(47)67-61(49)55)39-52(60)63-64(70)51-37-35-44(40-59(51)69-63)66(54-30-14-10-24-46(54)42-21-7-4-8-22-42)56-32-18-28-50-48-26-12-16-34-58(48)68-62(50)56/h3-40H,1-2H3. The van der Waals surface area contributed by atoms with Crippen molar-refractivity contribution in [3.05, 3.63) is 231 Å². The Balaban J connectivity index is 0.967. The largest absolute Gasteiger partial charge is 0.456 e. The lowest BCUT2D eigenvalue weighted by molar-refractivity contribution is 0.635. The van der Waals surface area contributed by atoms with E-state index < -0.39 is 8.07 Å². The van der Waals surface area contributed by atoms with Crippen molar-refractivity contribution in [2.75, 3.05) is 9.80 Å². The van der Waals surface area contributed by atoms with Crippen molar-refractivity contribution in [1.82, 2.24) is 0 Å². The van der Waals surface area contributed by atoms with Crippen LogP contribution < -0.4 is 20.2 Å². The molecule has 10 aromatic carbocycles. The van der Waals surface area contributed by atoms with E-state index in [0.29, 0.717) is 0 Å². The Morgan fingerprint density at radius 3 is 1.36 bits per heavy atom. The van der Waals surface area contributed by atoms with Crippen molar-refractivity contribution in [1.29, 1.82) is 0 Å². The summed E-state index contributed by atoms with van der Waals surface area (Å²) in [6.07, 6.45) is 0. The van der Waals surface area contributed by atoms with Crippen LogP contribution in [0.2, 0.25) is 13.1 Å². The third-order valence-electron chi connectivity index (χ3n) is 14.4. The first kappa shape index (κ1) is 40.2. The first-order chi connectivity index (χ1) is 34.5. The highest BCUT2D eigenvalue weighted by Gasteiger charge is 2.43. The average molecular weight is 917 g/mol. The number of rotatable bonds is 8. The van der Waals surface area contributed by atoms with Crippen LogP contribution in [-0.4, -0.2) is 8.07 Å². The monoisotopic (exact) mass is 916 g/mol. The molecule has 0 N–H and O–H groups in total. The Hall–Kier alpha value is -8.84. The molecule has 14 rings (SSSR count). The Bertz CT molecular complexity index is 4180. The van der Waals surface area contributed by atoms with Gasteiger partial charge in [0.05, 0.1) is 28.4 Å². The van der Waals surface area contributed by atoms with E-state index in [0.717, 1.165) is 123 Å². The van der Waals surface area contributed by atoms with E-state index in [-0.39, 0.29) is 0 Å². The van der Waals surface area contributed by atoms with Gasteiger partial charge in [-0.05, 0) is 82.2 Å². The molecule has 0 spiro atoms. The minimum atomic E-state index is -2.28. The highest BCUT2D eigenvalue weighted by molar-refractivity contribution is 7.05. The lowest BCUT2D eigenvalue weighted by Crippen LogP contribution is -2.49. The van der Waals surface area contributed by atoms with Crippen molar-refractivity contribution >= 4 is 107 Å². The summed E-state index contributed by atoms with van der Waals surface area (Å²) in [5.74, 6) is 0.953. The second kappa shape index (κ2) is 15.6. The summed E-state index contributed by atoms with van der Waals surface area (Å²) < 4.78 is 20.8. The van der Waals surface area contributed by atoms with Crippen LogP contribution in [0.5, 0.6) is 0 Å². The molecule has 6 heteroatoms. The summed E-state index contributed by atoms with van der Waals surface area (Å²) in [5, 5.41) is 8.19. The molecule has 1 aliphatic rings. The molecule has 5 nitrogen and oxygen atoms in total. The topological polar surface area (TPSA) is 45.9 Å². The summed E-state index contributed by atoms with van der Waals surface area (Å²) in [6, 6.07) is 81.9. The van der Waals surface area contributed by atoms with Crippen molar-refractivity contribution in [3.63, 3.8) is 0 Å².